The second kappa shape index (κ2) is 6.91. The van der Waals surface area contributed by atoms with Gasteiger partial charge in [-0.25, -0.2) is 0 Å². The van der Waals surface area contributed by atoms with E-state index in [1.807, 2.05) is 28.9 Å². The monoisotopic (exact) mass is 370 g/mol. The quantitative estimate of drug-likeness (QED) is 0.829. The standard InChI is InChI=1S/C21H26N2O4/c1-4-9-23-15-6-5-14(20(23)24)11-22(12-15)21(25)19-13(2)17-8-7-16(26-3)10-18(17)27-19/h7-8,10,14-15H,4-6,9,11-12H2,1-3H3/t14-,15+/m0/s1. The Kier molecular flexibility index (Phi) is 4.58. The number of hydrogen-bond acceptors (Lipinski definition) is 4. The molecule has 3 saturated heterocycles. The average Bonchev–Trinajstić information content (AvgIpc) is 2.82. The summed E-state index contributed by atoms with van der Waals surface area (Å²) in [5.41, 5.74) is 1.49. The van der Waals surface area contributed by atoms with E-state index in [4.69, 9.17) is 9.15 Å². The fraction of sp³-hybridized carbons (Fsp3) is 0.524. The molecule has 0 aliphatic carbocycles. The Hall–Kier alpha value is -2.50. The van der Waals surface area contributed by atoms with Crippen molar-refractivity contribution in [3.63, 3.8) is 0 Å². The lowest BCUT2D eigenvalue weighted by molar-refractivity contribution is -0.139. The van der Waals surface area contributed by atoms with Crippen LogP contribution in [0.25, 0.3) is 11.0 Å². The summed E-state index contributed by atoms with van der Waals surface area (Å²) in [6, 6.07) is 5.71. The van der Waals surface area contributed by atoms with Gasteiger partial charge in [-0.15, -0.1) is 0 Å². The molecule has 3 aliphatic heterocycles. The van der Waals surface area contributed by atoms with Crippen LogP contribution in [0.2, 0.25) is 0 Å². The highest BCUT2D eigenvalue weighted by molar-refractivity contribution is 5.99. The Morgan fingerprint density at radius 3 is 2.85 bits per heavy atom. The molecular formula is C21H26N2O4. The lowest BCUT2D eigenvalue weighted by Crippen LogP contribution is -2.48. The third-order valence-electron chi connectivity index (χ3n) is 5.88. The second-order valence-electron chi connectivity index (χ2n) is 7.59. The Bertz CT molecular complexity index is 888. The fourth-order valence-corrected chi connectivity index (χ4v) is 4.42. The lowest BCUT2D eigenvalue weighted by atomic mass is 9.94. The van der Waals surface area contributed by atoms with E-state index < -0.39 is 0 Å². The average molecular weight is 370 g/mol. The van der Waals surface area contributed by atoms with E-state index >= 15 is 0 Å². The molecule has 2 aromatic rings. The van der Waals surface area contributed by atoms with E-state index in [1.54, 1.807) is 13.2 Å². The SMILES string of the molecule is CCCN1C(=O)[C@H]2CC[C@@H]1CN(C(=O)c1oc3cc(OC)ccc3c1C)C2. The molecule has 144 valence electrons. The summed E-state index contributed by atoms with van der Waals surface area (Å²) in [4.78, 5) is 29.8. The topological polar surface area (TPSA) is 63.0 Å². The maximum atomic E-state index is 13.3. The van der Waals surface area contributed by atoms with Crippen molar-refractivity contribution in [3.05, 3.63) is 29.5 Å². The molecule has 3 fully saturated rings. The number of methoxy groups -OCH3 is 1. The Labute approximate surface area is 159 Å². The van der Waals surface area contributed by atoms with Crippen molar-refractivity contribution in [2.24, 2.45) is 5.92 Å². The molecule has 2 atom stereocenters. The number of aryl methyl sites for hydroxylation is 1. The smallest absolute Gasteiger partial charge is 0.289 e. The molecule has 27 heavy (non-hydrogen) atoms. The van der Waals surface area contributed by atoms with Crippen LogP contribution in [0.15, 0.2) is 22.6 Å². The summed E-state index contributed by atoms with van der Waals surface area (Å²) in [7, 11) is 1.61. The zero-order chi connectivity index (χ0) is 19.1. The zero-order valence-corrected chi connectivity index (χ0v) is 16.2. The van der Waals surface area contributed by atoms with Crippen LogP contribution in [0.3, 0.4) is 0 Å². The van der Waals surface area contributed by atoms with E-state index in [-0.39, 0.29) is 23.8 Å². The molecule has 4 heterocycles. The largest absolute Gasteiger partial charge is 0.497 e. The number of amides is 2. The van der Waals surface area contributed by atoms with Crippen molar-refractivity contribution in [1.29, 1.82) is 0 Å². The van der Waals surface area contributed by atoms with Gasteiger partial charge in [-0.3, -0.25) is 9.59 Å². The number of carbonyl (C=O) groups excluding carboxylic acids is 2. The number of carbonyl (C=O) groups is 2. The first kappa shape index (κ1) is 17.9. The Balaban J connectivity index is 1.64. The van der Waals surface area contributed by atoms with E-state index in [0.717, 1.165) is 36.8 Å². The highest BCUT2D eigenvalue weighted by atomic mass is 16.5. The summed E-state index contributed by atoms with van der Waals surface area (Å²) in [6.45, 7) is 5.83. The Morgan fingerprint density at radius 1 is 1.30 bits per heavy atom. The minimum absolute atomic E-state index is 0.0935. The first-order chi connectivity index (χ1) is 13.0. The van der Waals surface area contributed by atoms with Crippen LogP contribution in [0.4, 0.5) is 0 Å². The maximum Gasteiger partial charge on any atom is 0.289 e. The van der Waals surface area contributed by atoms with Crippen LogP contribution >= 0.6 is 0 Å². The minimum Gasteiger partial charge on any atom is -0.497 e. The molecule has 2 bridgehead atoms. The number of nitrogens with zero attached hydrogens (tertiary/aromatic N) is 2. The van der Waals surface area contributed by atoms with Gasteiger partial charge in [0, 0.05) is 42.7 Å². The van der Waals surface area contributed by atoms with Gasteiger partial charge < -0.3 is 19.0 Å². The Morgan fingerprint density at radius 2 is 2.11 bits per heavy atom. The van der Waals surface area contributed by atoms with Crippen LogP contribution in [-0.2, 0) is 4.79 Å². The summed E-state index contributed by atoms with van der Waals surface area (Å²) < 4.78 is 11.2. The normalized spacial score (nSPS) is 22.4. The van der Waals surface area contributed by atoms with Crippen LogP contribution in [-0.4, -0.2) is 54.4 Å². The predicted molar refractivity (Wildman–Crippen MR) is 102 cm³/mol. The van der Waals surface area contributed by atoms with Gasteiger partial charge in [-0.2, -0.15) is 0 Å². The minimum atomic E-state index is -0.120. The third kappa shape index (κ3) is 2.97. The molecule has 0 spiro atoms. The fourth-order valence-electron chi connectivity index (χ4n) is 4.42. The van der Waals surface area contributed by atoms with Gasteiger partial charge in [0.1, 0.15) is 11.3 Å². The molecule has 0 unspecified atom stereocenters. The predicted octanol–water partition coefficient (Wildman–Crippen LogP) is 3.22. The molecule has 6 heteroatoms. The molecule has 3 aliphatic rings. The summed E-state index contributed by atoms with van der Waals surface area (Å²) in [5.74, 6) is 1.06. The lowest BCUT2D eigenvalue weighted by Gasteiger charge is -2.35. The van der Waals surface area contributed by atoms with Crippen molar-refractivity contribution in [2.75, 3.05) is 26.7 Å². The number of hydrogen-bond donors (Lipinski definition) is 0. The molecule has 5 rings (SSSR count). The summed E-state index contributed by atoms with van der Waals surface area (Å²) in [6.07, 6.45) is 2.77. The van der Waals surface area contributed by atoms with Gasteiger partial charge in [0.05, 0.1) is 13.0 Å². The van der Waals surface area contributed by atoms with Crippen LogP contribution in [0, 0.1) is 12.8 Å². The number of furan rings is 1. The number of benzene rings is 1. The zero-order valence-electron chi connectivity index (χ0n) is 16.2. The van der Waals surface area contributed by atoms with Crippen LogP contribution in [0.5, 0.6) is 5.75 Å². The van der Waals surface area contributed by atoms with Gasteiger partial charge in [0.15, 0.2) is 5.76 Å². The molecule has 1 aromatic carbocycles. The number of rotatable bonds is 4. The van der Waals surface area contributed by atoms with E-state index in [2.05, 4.69) is 6.92 Å². The third-order valence-corrected chi connectivity index (χ3v) is 5.88. The van der Waals surface area contributed by atoms with E-state index in [0.29, 0.717) is 30.2 Å². The van der Waals surface area contributed by atoms with Crippen LogP contribution < -0.4 is 4.74 Å². The van der Waals surface area contributed by atoms with Crippen molar-refractivity contribution in [3.8, 4) is 5.75 Å². The number of fused-ring (bicyclic) bond motifs is 5. The molecule has 0 N–H and O–H groups in total. The molecular weight excluding hydrogens is 344 g/mol. The maximum absolute atomic E-state index is 13.3. The van der Waals surface area contributed by atoms with Crippen molar-refractivity contribution in [1.82, 2.24) is 9.80 Å². The van der Waals surface area contributed by atoms with Gasteiger partial charge in [0.25, 0.3) is 5.91 Å². The summed E-state index contributed by atoms with van der Waals surface area (Å²) in [5, 5.41) is 0.917. The number of ether oxygens (including phenoxy) is 1. The number of piperidine rings is 1. The van der Waals surface area contributed by atoms with E-state index in [9.17, 15) is 9.59 Å². The highest BCUT2D eigenvalue weighted by Gasteiger charge is 2.42. The van der Waals surface area contributed by atoms with Crippen molar-refractivity contribution >= 4 is 22.8 Å². The highest BCUT2D eigenvalue weighted by Crippen LogP contribution is 2.33. The molecule has 6 nitrogen and oxygen atoms in total. The molecule has 0 saturated carbocycles. The second-order valence-corrected chi connectivity index (χ2v) is 7.59. The first-order valence-electron chi connectivity index (χ1n) is 9.70. The van der Waals surface area contributed by atoms with Crippen molar-refractivity contribution in [2.45, 2.75) is 39.2 Å². The first-order valence-corrected chi connectivity index (χ1v) is 9.70. The molecule has 2 amide bonds. The van der Waals surface area contributed by atoms with E-state index in [1.165, 1.54) is 0 Å². The van der Waals surface area contributed by atoms with Crippen molar-refractivity contribution < 1.29 is 18.7 Å². The molecule has 0 radical (unpaired) electrons. The van der Waals surface area contributed by atoms with Gasteiger partial charge in [-0.1, -0.05) is 6.92 Å². The van der Waals surface area contributed by atoms with Gasteiger partial charge in [-0.05, 0) is 38.3 Å². The van der Waals surface area contributed by atoms with Gasteiger partial charge >= 0.3 is 0 Å². The molecule has 1 aromatic heterocycles. The van der Waals surface area contributed by atoms with Gasteiger partial charge in [0.2, 0.25) is 5.91 Å². The van der Waals surface area contributed by atoms with Crippen LogP contribution in [0.1, 0.15) is 42.3 Å². The summed E-state index contributed by atoms with van der Waals surface area (Å²) >= 11 is 0.